The van der Waals surface area contributed by atoms with Gasteiger partial charge >= 0.3 is 0 Å². The number of benzene rings is 1. The first kappa shape index (κ1) is 11.9. The van der Waals surface area contributed by atoms with Gasteiger partial charge in [-0.1, -0.05) is 37.6 Å². The molecule has 96 valence electrons. The van der Waals surface area contributed by atoms with Gasteiger partial charge in [0.05, 0.1) is 17.6 Å². The minimum atomic E-state index is 0.892. The van der Waals surface area contributed by atoms with Gasteiger partial charge in [0.25, 0.3) is 0 Å². The summed E-state index contributed by atoms with van der Waals surface area (Å²) in [5.41, 5.74) is 5.39. The molecule has 0 saturated carbocycles. The fourth-order valence-electron chi connectivity index (χ4n) is 2.29. The predicted molar refractivity (Wildman–Crippen MR) is 77.2 cm³/mol. The first-order valence-corrected chi connectivity index (χ1v) is 6.68. The van der Waals surface area contributed by atoms with Gasteiger partial charge in [0.1, 0.15) is 0 Å². The fraction of sp³-hybridized carbons (Fsp3) is 0.250. The number of hydrogen-bond donors (Lipinski definition) is 0. The van der Waals surface area contributed by atoms with Gasteiger partial charge in [-0.25, -0.2) is 9.50 Å². The van der Waals surface area contributed by atoms with E-state index in [9.17, 15) is 0 Å². The van der Waals surface area contributed by atoms with Crippen LogP contribution in [-0.2, 0) is 6.42 Å². The van der Waals surface area contributed by atoms with Crippen LogP contribution in [0.3, 0.4) is 0 Å². The summed E-state index contributed by atoms with van der Waals surface area (Å²) in [6.07, 6.45) is 4.26. The van der Waals surface area contributed by atoms with Crippen LogP contribution in [0.5, 0.6) is 0 Å². The molecular formula is C16H17N3. The van der Waals surface area contributed by atoms with Gasteiger partial charge in [0.15, 0.2) is 5.65 Å². The highest BCUT2D eigenvalue weighted by Crippen LogP contribution is 2.18. The molecule has 2 aromatic heterocycles. The van der Waals surface area contributed by atoms with E-state index in [1.807, 2.05) is 29.8 Å². The van der Waals surface area contributed by atoms with Crippen LogP contribution in [0.4, 0.5) is 0 Å². The molecule has 0 aliphatic carbocycles. The lowest BCUT2D eigenvalue weighted by Crippen LogP contribution is -1.93. The summed E-state index contributed by atoms with van der Waals surface area (Å²) >= 11 is 0. The Hall–Kier alpha value is -2.16. The molecule has 0 amide bonds. The smallest absolute Gasteiger partial charge is 0.153 e. The average Bonchev–Trinajstić information content (AvgIpc) is 2.79. The molecule has 0 spiro atoms. The van der Waals surface area contributed by atoms with Gasteiger partial charge < -0.3 is 0 Å². The summed E-state index contributed by atoms with van der Waals surface area (Å²) < 4.78 is 1.84. The second-order valence-electron chi connectivity index (χ2n) is 4.85. The summed E-state index contributed by atoms with van der Waals surface area (Å²) in [5.74, 6) is 0. The molecule has 19 heavy (non-hydrogen) atoms. The van der Waals surface area contributed by atoms with Crippen molar-refractivity contribution in [2.75, 3.05) is 0 Å². The first-order chi connectivity index (χ1) is 9.26. The third kappa shape index (κ3) is 2.36. The van der Waals surface area contributed by atoms with Crippen molar-refractivity contribution >= 4 is 5.65 Å². The summed E-state index contributed by atoms with van der Waals surface area (Å²) in [5, 5.41) is 4.60. The highest BCUT2D eigenvalue weighted by Gasteiger charge is 2.03. The summed E-state index contributed by atoms with van der Waals surface area (Å²) in [4.78, 5) is 4.39. The van der Waals surface area contributed by atoms with Crippen LogP contribution in [0.2, 0.25) is 0 Å². The van der Waals surface area contributed by atoms with Gasteiger partial charge in [-0.2, -0.15) is 5.10 Å². The highest BCUT2D eigenvalue weighted by molar-refractivity contribution is 5.60. The number of aromatic nitrogens is 3. The van der Waals surface area contributed by atoms with Gasteiger partial charge in [0, 0.05) is 5.56 Å². The number of hydrogen-bond acceptors (Lipinski definition) is 2. The molecular weight excluding hydrogens is 234 g/mol. The maximum atomic E-state index is 4.60. The Kier molecular flexibility index (Phi) is 3.03. The average molecular weight is 251 g/mol. The molecule has 0 fully saturated rings. The number of rotatable bonds is 3. The third-order valence-corrected chi connectivity index (χ3v) is 3.23. The summed E-state index contributed by atoms with van der Waals surface area (Å²) in [7, 11) is 0. The fourth-order valence-corrected chi connectivity index (χ4v) is 2.29. The normalized spacial score (nSPS) is 11.1. The molecule has 2 heterocycles. The molecule has 3 rings (SSSR count). The van der Waals surface area contributed by atoms with Crippen LogP contribution in [-0.4, -0.2) is 14.6 Å². The second-order valence-corrected chi connectivity index (χ2v) is 4.85. The van der Waals surface area contributed by atoms with Crippen LogP contribution in [0.1, 0.15) is 24.6 Å². The lowest BCUT2D eigenvalue weighted by Gasteiger charge is -2.03. The molecule has 3 nitrogen and oxygen atoms in total. The minimum absolute atomic E-state index is 0.892. The lowest BCUT2D eigenvalue weighted by molar-refractivity contribution is 0.920. The molecule has 3 aromatic rings. The van der Waals surface area contributed by atoms with E-state index < -0.39 is 0 Å². The number of nitrogens with zero attached hydrogens (tertiary/aromatic N) is 3. The SMILES string of the molecule is CCCc1ccc(-c2ccc3nc(C)cn3n2)cc1. The number of imidazole rings is 1. The van der Waals surface area contributed by atoms with Crippen molar-refractivity contribution < 1.29 is 0 Å². The maximum Gasteiger partial charge on any atom is 0.153 e. The van der Waals surface area contributed by atoms with Crippen LogP contribution in [0.15, 0.2) is 42.6 Å². The molecule has 0 atom stereocenters. The molecule has 3 heteroatoms. The quantitative estimate of drug-likeness (QED) is 0.711. The Balaban J connectivity index is 1.98. The molecule has 0 unspecified atom stereocenters. The van der Waals surface area contributed by atoms with E-state index in [-0.39, 0.29) is 0 Å². The predicted octanol–water partition coefficient (Wildman–Crippen LogP) is 3.66. The van der Waals surface area contributed by atoms with Crippen LogP contribution in [0.25, 0.3) is 16.9 Å². The molecule has 0 aliphatic heterocycles. The van der Waals surface area contributed by atoms with E-state index in [0.717, 1.165) is 29.0 Å². The topological polar surface area (TPSA) is 30.2 Å². The highest BCUT2D eigenvalue weighted by atomic mass is 15.2. The van der Waals surface area contributed by atoms with E-state index in [1.54, 1.807) is 0 Å². The van der Waals surface area contributed by atoms with Crippen molar-refractivity contribution in [1.82, 2.24) is 14.6 Å². The lowest BCUT2D eigenvalue weighted by atomic mass is 10.1. The zero-order valence-electron chi connectivity index (χ0n) is 11.3. The molecule has 0 saturated heterocycles. The number of aryl methyl sites for hydroxylation is 2. The van der Waals surface area contributed by atoms with Gasteiger partial charge in [-0.3, -0.25) is 0 Å². The molecule has 0 radical (unpaired) electrons. The van der Waals surface area contributed by atoms with Crippen molar-refractivity contribution in [1.29, 1.82) is 0 Å². The summed E-state index contributed by atoms with van der Waals surface area (Å²) in [6.45, 7) is 4.18. The van der Waals surface area contributed by atoms with E-state index >= 15 is 0 Å². The molecule has 0 bridgehead atoms. The van der Waals surface area contributed by atoms with Gasteiger partial charge in [-0.05, 0) is 31.0 Å². The Bertz CT molecular complexity index is 696. The van der Waals surface area contributed by atoms with Crippen molar-refractivity contribution in [2.24, 2.45) is 0 Å². The standard InChI is InChI=1S/C16H17N3/c1-3-4-13-5-7-14(8-6-13)15-9-10-16-17-12(2)11-19(16)18-15/h5-11H,3-4H2,1-2H3. The molecule has 1 aromatic carbocycles. The third-order valence-electron chi connectivity index (χ3n) is 3.23. The van der Waals surface area contributed by atoms with E-state index in [2.05, 4.69) is 41.3 Å². The van der Waals surface area contributed by atoms with Crippen LogP contribution < -0.4 is 0 Å². The minimum Gasteiger partial charge on any atom is -0.232 e. The zero-order valence-corrected chi connectivity index (χ0v) is 11.3. The molecule has 0 aliphatic rings. The summed E-state index contributed by atoms with van der Waals surface area (Å²) in [6, 6.07) is 12.7. The van der Waals surface area contributed by atoms with E-state index in [1.165, 1.54) is 12.0 Å². The first-order valence-electron chi connectivity index (χ1n) is 6.68. The van der Waals surface area contributed by atoms with Gasteiger partial charge in [0.2, 0.25) is 0 Å². The van der Waals surface area contributed by atoms with Crippen LogP contribution >= 0.6 is 0 Å². The van der Waals surface area contributed by atoms with Gasteiger partial charge in [-0.15, -0.1) is 0 Å². The van der Waals surface area contributed by atoms with E-state index in [0.29, 0.717) is 0 Å². The van der Waals surface area contributed by atoms with Crippen LogP contribution in [0, 0.1) is 6.92 Å². The monoisotopic (exact) mass is 251 g/mol. The largest absolute Gasteiger partial charge is 0.232 e. The second kappa shape index (κ2) is 4.84. The Morgan fingerprint density at radius 1 is 1.05 bits per heavy atom. The Morgan fingerprint density at radius 2 is 1.84 bits per heavy atom. The number of fused-ring (bicyclic) bond motifs is 1. The van der Waals surface area contributed by atoms with Crippen molar-refractivity contribution in [3.63, 3.8) is 0 Å². The van der Waals surface area contributed by atoms with Crippen molar-refractivity contribution in [3.8, 4) is 11.3 Å². The maximum absolute atomic E-state index is 4.60. The Morgan fingerprint density at radius 3 is 2.58 bits per heavy atom. The zero-order chi connectivity index (χ0) is 13.2. The van der Waals surface area contributed by atoms with E-state index in [4.69, 9.17) is 0 Å². The van der Waals surface area contributed by atoms with Crippen molar-refractivity contribution in [2.45, 2.75) is 26.7 Å². The van der Waals surface area contributed by atoms with Crippen molar-refractivity contribution in [3.05, 3.63) is 53.9 Å². The molecule has 0 N–H and O–H groups in total. The Labute approximate surface area is 112 Å².